The van der Waals surface area contributed by atoms with Crippen LogP contribution in [0.25, 0.3) is 0 Å². The third-order valence-corrected chi connectivity index (χ3v) is 4.21. The molecule has 0 atom stereocenters. The van der Waals surface area contributed by atoms with Gasteiger partial charge in [-0.05, 0) is 71.2 Å². The molecule has 2 aromatic carbocycles. The maximum absolute atomic E-state index is 6.09. The predicted molar refractivity (Wildman–Crippen MR) is 88.8 cm³/mol. The summed E-state index contributed by atoms with van der Waals surface area (Å²) in [6, 6.07) is 12.0. The summed E-state index contributed by atoms with van der Waals surface area (Å²) in [6.45, 7) is 5.48. The van der Waals surface area contributed by atoms with Gasteiger partial charge < -0.3 is 10.1 Å². The zero-order chi connectivity index (χ0) is 14.5. The fourth-order valence-electron chi connectivity index (χ4n) is 1.94. The van der Waals surface area contributed by atoms with Crippen molar-refractivity contribution < 1.29 is 4.74 Å². The summed E-state index contributed by atoms with van der Waals surface area (Å²) in [6.07, 6.45) is 0. The minimum Gasteiger partial charge on any atom is -0.494 e. The molecule has 0 amide bonds. The number of anilines is 1. The van der Waals surface area contributed by atoms with Gasteiger partial charge in [0.2, 0.25) is 0 Å². The van der Waals surface area contributed by atoms with Crippen molar-refractivity contribution in [1.29, 1.82) is 0 Å². The van der Waals surface area contributed by atoms with Gasteiger partial charge in [0, 0.05) is 16.7 Å². The Kier molecular flexibility index (Phi) is 5.32. The van der Waals surface area contributed by atoms with E-state index in [2.05, 4.69) is 28.2 Å². The Balaban J connectivity index is 2.05. The van der Waals surface area contributed by atoms with Crippen LogP contribution in [0.4, 0.5) is 5.69 Å². The highest BCUT2D eigenvalue weighted by Gasteiger charge is 2.02. The molecule has 0 aromatic heterocycles. The Labute approximate surface area is 133 Å². The maximum Gasteiger partial charge on any atom is 0.119 e. The van der Waals surface area contributed by atoms with Crippen molar-refractivity contribution in [2.75, 3.05) is 11.9 Å². The van der Waals surface area contributed by atoms with Gasteiger partial charge in [-0.25, -0.2) is 0 Å². The number of aryl methyl sites for hydroxylation is 1. The molecular weight excluding hydrogens is 338 g/mol. The third kappa shape index (κ3) is 3.90. The molecule has 2 nitrogen and oxygen atoms in total. The topological polar surface area (TPSA) is 21.3 Å². The monoisotopic (exact) mass is 353 g/mol. The molecule has 2 rings (SSSR count). The van der Waals surface area contributed by atoms with Crippen molar-refractivity contribution in [3.63, 3.8) is 0 Å². The summed E-state index contributed by atoms with van der Waals surface area (Å²) >= 11 is 9.48. The Morgan fingerprint density at radius 3 is 2.65 bits per heavy atom. The summed E-state index contributed by atoms with van der Waals surface area (Å²) in [5, 5.41) is 4.15. The molecular formula is C16H17BrClNO. The van der Waals surface area contributed by atoms with Gasteiger partial charge in [-0.2, -0.15) is 0 Å². The van der Waals surface area contributed by atoms with Crippen LogP contribution in [-0.2, 0) is 6.54 Å². The minimum absolute atomic E-state index is 0.684. The SMILES string of the molecule is CCOc1ccc(NCc2ccc(Br)c(Cl)c2)c(C)c1. The van der Waals surface area contributed by atoms with Crippen LogP contribution in [0.2, 0.25) is 5.02 Å². The van der Waals surface area contributed by atoms with E-state index in [1.165, 1.54) is 5.56 Å². The number of hydrogen-bond donors (Lipinski definition) is 1. The second-order valence-corrected chi connectivity index (χ2v) is 5.77. The Bertz CT molecular complexity index is 601. The number of nitrogens with one attached hydrogen (secondary N) is 1. The quantitative estimate of drug-likeness (QED) is 0.774. The number of benzene rings is 2. The second kappa shape index (κ2) is 7.00. The van der Waals surface area contributed by atoms with Crippen molar-refractivity contribution in [2.24, 2.45) is 0 Å². The van der Waals surface area contributed by atoms with E-state index in [1.807, 2.05) is 43.3 Å². The molecule has 0 aliphatic heterocycles. The van der Waals surface area contributed by atoms with E-state index in [-0.39, 0.29) is 0 Å². The summed E-state index contributed by atoms with van der Waals surface area (Å²) in [5.41, 5.74) is 3.41. The molecule has 0 bridgehead atoms. The van der Waals surface area contributed by atoms with Crippen LogP contribution in [0.15, 0.2) is 40.9 Å². The van der Waals surface area contributed by atoms with Crippen molar-refractivity contribution in [3.8, 4) is 5.75 Å². The van der Waals surface area contributed by atoms with Crippen molar-refractivity contribution in [2.45, 2.75) is 20.4 Å². The predicted octanol–water partition coefficient (Wildman–Crippen LogP) is 5.42. The molecule has 0 aliphatic carbocycles. The number of halogens is 2. The van der Waals surface area contributed by atoms with Gasteiger partial charge in [0.1, 0.15) is 5.75 Å². The highest BCUT2D eigenvalue weighted by atomic mass is 79.9. The van der Waals surface area contributed by atoms with Gasteiger partial charge >= 0.3 is 0 Å². The second-order valence-electron chi connectivity index (χ2n) is 4.51. The lowest BCUT2D eigenvalue weighted by Crippen LogP contribution is -2.01. The van der Waals surface area contributed by atoms with E-state index in [1.54, 1.807) is 0 Å². The Hall–Kier alpha value is -1.19. The van der Waals surface area contributed by atoms with Gasteiger partial charge in [0.25, 0.3) is 0 Å². The molecule has 20 heavy (non-hydrogen) atoms. The molecule has 4 heteroatoms. The molecule has 0 unspecified atom stereocenters. The Morgan fingerprint density at radius 1 is 1.20 bits per heavy atom. The molecule has 0 heterocycles. The summed E-state index contributed by atoms with van der Waals surface area (Å²) < 4.78 is 6.40. The summed E-state index contributed by atoms with van der Waals surface area (Å²) in [4.78, 5) is 0. The van der Waals surface area contributed by atoms with E-state index in [0.29, 0.717) is 6.61 Å². The molecule has 0 aliphatic rings. The molecule has 1 N–H and O–H groups in total. The highest BCUT2D eigenvalue weighted by molar-refractivity contribution is 9.10. The molecule has 0 fully saturated rings. The van der Waals surface area contributed by atoms with Crippen LogP contribution in [-0.4, -0.2) is 6.61 Å². The molecule has 106 valence electrons. The lowest BCUT2D eigenvalue weighted by atomic mass is 10.1. The van der Waals surface area contributed by atoms with E-state index < -0.39 is 0 Å². The van der Waals surface area contributed by atoms with Crippen LogP contribution in [0.5, 0.6) is 5.75 Å². The first-order valence-electron chi connectivity index (χ1n) is 6.51. The lowest BCUT2D eigenvalue weighted by molar-refractivity contribution is 0.340. The van der Waals surface area contributed by atoms with Crippen molar-refractivity contribution >= 4 is 33.2 Å². The smallest absolute Gasteiger partial charge is 0.119 e. The summed E-state index contributed by atoms with van der Waals surface area (Å²) in [7, 11) is 0. The van der Waals surface area contributed by atoms with E-state index in [9.17, 15) is 0 Å². The molecule has 0 saturated carbocycles. The highest BCUT2D eigenvalue weighted by Crippen LogP contribution is 2.25. The van der Waals surface area contributed by atoms with Crippen molar-refractivity contribution in [3.05, 3.63) is 57.0 Å². The first-order valence-corrected chi connectivity index (χ1v) is 7.68. The van der Waals surface area contributed by atoms with E-state index in [0.717, 1.165) is 33.0 Å². The number of rotatable bonds is 5. The van der Waals surface area contributed by atoms with Gasteiger partial charge in [-0.3, -0.25) is 0 Å². The van der Waals surface area contributed by atoms with Crippen LogP contribution in [0.3, 0.4) is 0 Å². The fourth-order valence-corrected chi connectivity index (χ4v) is 2.39. The molecule has 0 saturated heterocycles. The lowest BCUT2D eigenvalue weighted by Gasteiger charge is -2.12. The van der Waals surface area contributed by atoms with Gasteiger partial charge in [-0.1, -0.05) is 17.7 Å². The zero-order valence-electron chi connectivity index (χ0n) is 11.5. The van der Waals surface area contributed by atoms with Crippen LogP contribution >= 0.6 is 27.5 Å². The van der Waals surface area contributed by atoms with Gasteiger partial charge in [0.15, 0.2) is 0 Å². The van der Waals surface area contributed by atoms with Crippen LogP contribution in [0.1, 0.15) is 18.1 Å². The zero-order valence-corrected chi connectivity index (χ0v) is 13.9. The number of hydrogen-bond acceptors (Lipinski definition) is 2. The van der Waals surface area contributed by atoms with Crippen LogP contribution < -0.4 is 10.1 Å². The fraction of sp³-hybridized carbons (Fsp3) is 0.250. The largest absolute Gasteiger partial charge is 0.494 e. The normalized spacial score (nSPS) is 10.4. The molecule has 2 aromatic rings. The molecule has 0 radical (unpaired) electrons. The van der Waals surface area contributed by atoms with E-state index in [4.69, 9.17) is 16.3 Å². The van der Waals surface area contributed by atoms with Crippen molar-refractivity contribution in [1.82, 2.24) is 0 Å². The first-order chi connectivity index (χ1) is 9.60. The minimum atomic E-state index is 0.684. The standard InChI is InChI=1S/C16H17BrClNO/c1-3-20-13-5-7-16(11(2)8-13)19-10-12-4-6-14(17)15(18)9-12/h4-9,19H,3,10H2,1-2H3. The van der Waals surface area contributed by atoms with Crippen LogP contribution in [0, 0.1) is 6.92 Å². The average molecular weight is 355 g/mol. The van der Waals surface area contributed by atoms with E-state index >= 15 is 0 Å². The Morgan fingerprint density at radius 2 is 2.00 bits per heavy atom. The van der Waals surface area contributed by atoms with Gasteiger partial charge in [-0.15, -0.1) is 0 Å². The summed E-state index contributed by atoms with van der Waals surface area (Å²) in [5.74, 6) is 0.905. The average Bonchev–Trinajstić information content (AvgIpc) is 2.42. The number of ether oxygens (including phenoxy) is 1. The molecule has 0 spiro atoms. The third-order valence-electron chi connectivity index (χ3n) is 2.98. The van der Waals surface area contributed by atoms with Gasteiger partial charge in [0.05, 0.1) is 11.6 Å². The maximum atomic E-state index is 6.09. The first kappa shape index (κ1) is 15.2.